The lowest BCUT2D eigenvalue weighted by atomic mass is 10.2. The molecule has 0 aliphatic rings. The van der Waals surface area contributed by atoms with Crippen LogP contribution in [0.2, 0.25) is 0 Å². The molecule has 0 fully saturated rings. The fourth-order valence-corrected chi connectivity index (χ4v) is 2.78. The highest BCUT2D eigenvalue weighted by molar-refractivity contribution is 7.98. The lowest BCUT2D eigenvalue weighted by Gasteiger charge is -2.06. The van der Waals surface area contributed by atoms with Crippen molar-refractivity contribution in [2.45, 2.75) is 31.6 Å². The highest BCUT2D eigenvalue weighted by Crippen LogP contribution is 2.25. The third kappa shape index (κ3) is 3.33. The maximum Gasteiger partial charge on any atom is 0.126 e. The third-order valence-corrected chi connectivity index (χ3v) is 3.82. The fraction of sp³-hybridized carbons (Fsp3) is 0.267. The minimum Gasteiger partial charge on any atom is -0.237 e. The first kappa shape index (κ1) is 13.6. The van der Waals surface area contributed by atoms with E-state index >= 15 is 0 Å². The molecular formula is C15H15N3S. The normalized spacial score (nSPS) is 10.2. The Kier molecular flexibility index (Phi) is 4.18. The molecule has 19 heavy (non-hydrogen) atoms. The number of rotatable bonds is 3. The molecule has 0 aliphatic heterocycles. The Morgan fingerprint density at radius 2 is 1.79 bits per heavy atom. The zero-order valence-corrected chi connectivity index (χ0v) is 12.1. The molecule has 0 atom stereocenters. The summed E-state index contributed by atoms with van der Waals surface area (Å²) in [7, 11) is 0. The van der Waals surface area contributed by atoms with Gasteiger partial charge in [-0.05, 0) is 26.3 Å². The number of nitriles is 1. The summed E-state index contributed by atoms with van der Waals surface area (Å²) in [6.45, 7) is 5.77. The SMILES string of the molecule is Cc1ccc(CSc2nc(C)nc(C)c2C#N)cc1. The van der Waals surface area contributed by atoms with E-state index in [0.717, 1.165) is 16.5 Å². The van der Waals surface area contributed by atoms with Crippen LogP contribution in [0.4, 0.5) is 0 Å². The zero-order chi connectivity index (χ0) is 13.8. The second kappa shape index (κ2) is 5.85. The van der Waals surface area contributed by atoms with E-state index in [9.17, 15) is 5.26 Å². The first-order valence-corrected chi connectivity index (χ1v) is 7.02. The number of nitrogens with zero attached hydrogens (tertiary/aromatic N) is 3. The van der Waals surface area contributed by atoms with Crippen molar-refractivity contribution in [2.75, 3.05) is 0 Å². The first-order valence-electron chi connectivity index (χ1n) is 6.04. The van der Waals surface area contributed by atoms with Gasteiger partial charge in [-0.25, -0.2) is 9.97 Å². The fourth-order valence-electron chi connectivity index (χ4n) is 1.75. The Bertz CT molecular complexity index is 627. The first-order chi connectivity index (χ1) is 9.10. The Morgan fingerprint density at radius 1 is 1.11 bits per heavy atom. The molecule has 96 valence electrons. The van der Waals surface area contributed by atoms with Crippen molar-refractivity contribution in [3.8, 4) is 6.07 Å². The molecule has 0 radical (unpaired) electrons. The monoisotopic (exact) mass is 269 g/mol. The van der Waals surface area contributed by atoms with Crippen LogP contribution >= 0.6 is 11.8 Å². The minimum absolute atomic E-state index is 0.586. The van der Waals surface area contributed by atoms with Gasteiger partial charge in [0.05, 0.1) is 5.69 Å². The number of thioether (sulfide) groups is 1. The Morgan fingerprint density at radius 3 is 2.42 bits per heavy atom. The van der Waals surface area contributed by atoms with E-state index in [1.807, 2.05) is 13.8 Å². The molecule has 0 spiro atoms. The maximum absolute atomic E-state index is 9.18. The van der Waals surface area contributed by atoms with Gasteiger partial charge < -0.3 is 0 Å². The molecule has 0 amide bonds. The summed E-state index contributed by atoms with van der Waals surface area (Å²) >= 11 is 1.59. The van der Waals surface area contributed by atoms with Crippen LogP contribution in [0, 0.1) is 32.1 Å². The van der Waals surface area contributed by atoms with Crippen molar-refractivity contribution < 1.29 is 0 Å². The van der Waals surface area contributed by atoms with Crippen LogP contribution in [0.5, 0.6) is 0 Å². The van der Waals surface area contributed by atoms with Gasteiger partial charge in [-0.15, -0.1) is 11.8 Å². The second-order valence-electron chi connectivity index (χ2n) is 4.42. The average Bonchev–Trinajstić information content (AvgIpc) is 2.37. The molecule has 2 rings (SSSR count). The summed E-state index contributed by atoms with van der Waals surface area (Å²) in [4.78, 5) is 8.59. The molecule has 0 unspecified atom stereocenters. The van der Waals surface area contributed by atoms with Crippen LogP contribution in [0.25, 0.3) is 0 Å². The van der Waals surface area contributed by atoms with Crippen LogP contribution in [-0.4, -0.2) is 9.97 Å². The van der Waals surface area contributed by atoms with Crippen molar-refractivity contribution in [3.63, 3.8) is 0 Å². The van der Waals surface area contributed by atoms with Crippen LogP contribution in [0.15, 0.2) is 29.3 Å². The summed E-state index contributed by atoms with van der Waals surface area (Å²) in [6.07, 6.45) is 0. The topological polar surface area (TPSA) is 49.6 Å². The van der Waals surface area contributed by atoms with Crippen molar-refractivity contribution in [2.24, 2.45) is 0 Å². The summed E-state index contributed by atoms with van der Waals surface area (Å²) in [5, 5.41) is 9.95. The molecule has 2 aromatic rings. The van der Waals surface area contributed by atoms with Crippen LogP contribution in [0.3, 0.4) is 0 Å². The van der Waals surface area contributed by atoms with Crippen LogP contribution in [-0.2, 0) is 5.75 Å². The summed E-state index contributed by atoms with van der Waals surface area (Å²) in [5.74, 6) is 1.52. The highest BCUT2D eigenvalue weighted by Gasteiger charge is 2.10. The van der Waals surface area contributed by atoms with Gasteiger partial charge in [0.15, 0.2) is 0 Å². The summed E-state index contributed by atoms with van der Waals surface area (Å²) in [5.41, 5.74) is 3.82. The standard InChI is InChI=1S/C15H15N3S/c1-10-4-6-13(7-5-10)9-19-15-14(8-16)11(2)17-12(3)18-15/h4-7H,9H2,1-3H3. The Labute approximate surface area is 117 Å². The van der Waals surface area contributed by atoms with Gasteiger partial charge in [0.25, 0.3) is 0 Å². The molecule has 0 saturated carbocycles. The number of benzene rings is 1. The van der Waals surface area contributed by atoms with Crippen molar-refractivity contribution in [1.82, 2.24) is 9.97 Å². The largest absolute Gasteiger partial charge is 0.237 e. The average molecular weight is 269 g/mol. The molecule has 4 heteroatoms. The number of aromatic nitrogens is 2. The second-order valence-corrected chi connectivity index (χ2v) is 5.39. The third-order valence-electron chi connectivity index (χ3n) is 2.78. The molecule has 1 heterocycles. The van der Waals surface area contributed by atoms with Gasteiger partial charge in [0.1, 0.15) is 22.5 Å². The van der Waals surface area contributed by atoms with Gasteiger partial charge >= 0.3 is 0 Å². The molecule has 1 aromatic carbocycles. The van der Waals surface area contributed by atoms with E-state index in [1.54, 1.807) is 11.8 Å². The van der Waals surface area contributed by atoms with Gasteiger partial charge in [-0.2, -0.15) is 5.26 Å². The van der Waals surface area contributed by atoms with Crippen molar-refractivity contribution in [1.29, 1.82) is 5.26 Å². The number of aryl methyl sites for hydroxylation is 3. The Hall–Kier alpha value is -1.86. The lowest BCUT2D eigenvalue weighted by Crippen LogP contribution is -1.99. The molecule has 0 bridgehead atoms. The summed E-state index contributed by atoms with van der Waals surface area (Å²) < 4.78 is 0. The van der Waals surface area contributed by atoms with Crippen molar-refractivity contribution in [3.05, 3.63) is 52.5 Å². The van der Waals surface area contributed by atoms with E-state index in [4.69, 9.17) is 0 Å². The van der Waals surface area contributed by atoms with E-state index < -0.39 is 0 Å². The quantitative estimate of drug-likeness (QED) is 0.631. The van der Waals surface area contributed by atoms with Gasteiger partial charge in [-0.3, -0.25) is 0 Å². The predicted octanol–water partition coefficient (Wildman–Crippen LogP) is 3.57. The zero-order valence-electron chi connectivity index (χ0n) is 11.3. The van der Waals surface area contributed by atoms with Crippen LogP contribution < -0.4 is 0 Å². The van der Waals surface area contributed by atoms with Gasteiger partial charge in [0.2, 0.25) is 0 Å². The van der Waals surface area contributed by atoms with Gasteiger partial charge in [0, 0.05) is 5.75 Å². The molecular weight excluding hydrogens is 254 g/mol. The minimum atomic E-state index is 0.586. The number of hydrogen-bond acceptors (Lipinski definition) is 4. The van der Waals surface area contributed by atoms with Crippen molar-refractivity contribution >= 4 is 11.8 Å². The lowest BCUT2D eigenvalue weighted by molar-refractivity contribution is 0.923. The number of hydrogen-bond donors (Lipinski definition) is 0. The summed E-state index contributed by atoms with van der Waals surface area (Å²) in [6, 6.07) is 10.6. The molecule has 3 nitrogen and oxygen atoms in total. The molecule has 0 aliphatic carbocycles. The predicted molar refractivity (Wildman–Crippen MR) is 77.0 cm³/mol. The van der Waals surface area contributed by atoms with E-state index in [-0.39, 0.29) is 0 Å². The maximum atomic E-state index is 9.18. The molecule has 0 saturated heterocycles. The van der Waals surface area contributed by atoms with Crippen LogP contribution in [0.1, 0.15) is 28.2 Å². The van der Waals surface area contributed by atoms with E-state index in [1.165, 1.54) is 11.1 Å². The Balaban J connectivity index is 2.20. The van der Waals surface area contributed by atoms with E-state index in [0.29, 0.717) is 11.4 Å². The molecule has 0 N–H and O–H groups in total. The van der Waals surface area contributed by atoms with Gasteiger partial charge in [-0.1, -0.05) is 29.8 Å². The van der Waals surface area contributed by atoms with E-state index in [2.05, 4.69) is 47.2 Å². The highest BCUT2D eigenvalue weighted by atomic mass is 32.2. The smallest absolute Gasteiger partial charge is 0.126 e. The molecule has 1 aromatic heterocycles.